The molecule has 0 atom stereocenters. The molecular weight excluding hydrogens is 234 g/mol. The first-order valence-electron chi connectivity index (χ1n) is 5.78. The smallest absolute Gasteiger partial charge is 0.310 e. The van der Waals surface area contributed by atoms with E-state index in [9.17, 15) is 9.90 Å². The van der Waals surface area contributed by atoms with E-state index >= 15 is 0 Å². The topological polar surface area (TPSA) is 49.3 Å². The summed E-state index contributed by atoms with van der Waals surface area (Å²) in [6, 6.07) is 4.13. The number of hydrogen-bond donors (Lipinski definition) is 2. The van der Waals surface area contributed by atoms with Gasteiger partial charge in [-0.1, -0.05) is 6.07 Å². The number of carbonyl (C=O) groups is 1. The Hall–Kier alpha value is -0.870. The number of aliphatic carboxylic acids is 1. The molecule has 4 heteroatoms. The highest BCUT2D eigenvalue weighted by Gasteiger charge is 2.42. The Kier molecular flexibility index (Phi) is 4.33. The van der Waals surface area contributed by atoms with E-state index in [1.54, 1.807) is 25.2 Å². The summed E-state index contributed by atoms with van der Waals surface area (Å²) in [5.41, 5.74) is -1.22. The van der Waals surface area contributed by atoms with E-state index < -0.39 is 16.9 Å². The lowest BCUT2D eigenvalue weighted by Gasteiger charge is -2.39. The third-order valence-electron chi connectivity index (χ3n) is 3.62. The molecule has 0 saturated carbocycles. The highest BCUT2D eigenvalue weighted by Crippen LogP contribution is 2.30. The number of carboxylic acid groups (broad SMARTS) is 1. The molecule has 0 fully saturated rings. The minimum absolute atomic E-state index is 0.434. The summed E-state index contributed by atoms with van der Waals surface area (Å²) in [6.45, 7) is 8.19. The zero-order chi connectivity index (χ0) is 13.1. The molecule has 0 amide bonds. The number of rotatable bonds is 6. The number of thiophene rings is 1. The van der Waals surface area contributed by atoms with Crippen molar-refractivity contribution < 1.29 is 9.90 Å². The van der Waals surface area contributed by atoms with Crippen molar-refractivity contribution in [2.75, 3.05) is 6.54 Å². The van der Waals surface area contributed by atoms with Crippen LogP contribution in [-0.2, 0) is 11.2 Å². The second-order valence-electron chi connectivity index (χ2n) is 5.31. The van der Waals surface area contributed by atoms with Gasteiger partial charge in [0.25, 0.3) is 0 Å². The molecule has 17 heavy (non-hydrogen) atoms. The Labute approximate surface area is 107 Å². The molecule has 0 radical (unpaired) electrons. The van der Waals surface area contributed by atoms with Gasteiger partial charge >= 0.3 is 5.97 Å². The molecule has 0 aliphatic carbocycles. The summed E-state index contributed by atoms with van der Waals surface area (Å²) in [6.07, 6.45) is 0.941. The van der Waals surface area contributed by atoms with Crippen LogP contribution in [0.15, 0.2) is 17.5 Å². The third-order valence-corrected chi connectivity index (χ3v) is 4.55. The number of carboxylic acids is 1. The van der Waals surface area contributed by atoms with E-state index in [2.05, 4.69) is 16.8 Å². The van der Waals surface area contributed by atoms with Crippen molar-refractivity contribution in [2.45, 2.75) is 39.7 Å². The summed E-state index contributed by atoms with van der Waals surface area (Å²) in [5, 5.41) is 14.6. The van der Waals surface area contributed by atoms with Gasteiger partial charge in [0.05, 0.1) is 5.41 Å². The predicted molar refractivity (Wildman–Crippen MR) is 71.5 cm³/mol. The van der Waals surface area contributed by atoms with Crippen LogP contribution in [-0.4, -0.2) is 23.2 Å². The van der Waals surface area contributed by atoms with E-state index in [4.69, 9.17) is 0 Å². The Morgan fingerprint density at radius 3 is 2.53 bits per heavy atom. The van der Waals surface area contributed by atoms with Crippen molar-refractivity contribution in [3.8, 4) is 0 Å². The summed E-state index contributed by atoms with van der Waals surface area (Å²) in [5.74, 6) is -0.772. The zero-order valence-electron chi connectivity index (χ0n) is 10.9. The van der Waals surface area contributed by atoms with Gasteiger partial charge in [-0.05, 0) is 45.6 Å². The molecule has 0 saturated heterocycles. The second kappa shape index (κ2) is 5.19. The van der Waals surface area contributed by atoms with Gasteiger partial charge in [0, 0.05) is 17.0 Å². The van der Waals surface area contributed by atoms with Crippen LogP contribution in [0.2, 0.25) is 0 Å². The first-order chi connectivity index (χ1) is 7.77. The first kappa shape index (κ1) is 14.2. The standard InChI is InChI=1S/C13H21NO2S/c1-12(2,11(15)16)13(3,4)14-8-7-10-6-5-9-17-10/h5-6,9,14H,7-8H2,1-4H3,(H,15,16). The fraction of sp³-hybridized carbons (Fsp3) is 0.615. The molecule has 0 aliphatic heterocycles. The number of nitrogens with one attached hydrogen (secondary N) is 1. The summed E-state index contributed by atoms with van der Waals surface area (Å²) < 4.78 is 0. The summed E-state index contributed by atoms with van der Waals surface area (Å²) in [7, 11) is 0. The van der Waals surface area contributed by atoms with Crippen LogP contribution in [0.4, 0.5) is 0 Å². The molecule has 0 spiro atoms. The molecule has 0 aliphatic rings. The lowest BCUT2D eigenvalue weighted by Crippen LogP contribution is -2.55. The van der Waals surface area contributed by atoms with Crippen molar-refractivity contribution >= 4 is 17.3 Å². The number of hydrogen-bond acceptors (Lipinski definition) is 3. The molecule has 1 aromatic heterocycles. The van der Waals surface area contributed by atoms with Crippen LogP contribution in [0.5, 0.6) is 0 Å². The van der Waals surface area contributed by atoms with Crippen molar-refractivity contribution in [3.63, 3.8) is 0 Å². The van der Waals surface area contributed by atoms with Crippen molar-refractivity contribution in [1.82, 2.24) is 5.32 Å². The quantitative estimate of drug-likeness (QED) is 0.821. The minimum Gasteiger partial charge on any atom is -0.481 e. The average Bonchev–Trinajstić information content (AvgIpc) is 2.69. The van der Waals surface area contributed by atoms with E-state index in [0.29, 0.717) is 0 Å². The SMILES string of the molecule is CC(C)(NCCc1cccs1)C(C)(C)C(=O)O. The Morgan fingerprint density at radius 1 is 1.41 bits per heavy atom. The van der Waals surface area contributed by atoms with E-state index in [-0.39, 0.29) is 0 Å². The van der Waals surface area contributed by atoms with Crippen LogP contribution in [0.25, 0.3) is 0 Å². The highest BCUT2D eigenvalue weighted by atomic mass is 32.1. The normalized spacial score (nSPS) is 12.7. The lowest BCUT2D eigenvalue weighted by atomic mass is 9.74. The Balaban J connectivity index is 2.52. The van der Waals surface area contributed by atoms with Gasteiger partial charge < -0.3 is 10.4 Å². The zero-order valence-corrected chi connectivity index (χ0v) is 11.7. The van der Waals surface area contributed by atoms with Crippen molar-refractivity contribution in [2.24, 2.45) is 5.41 Å². The third kappa shape index (κ3) is 3.30. The summed E-state index contributed by atoms with van der Waals surface area (Å²) >= 11 is 1.73. The maximum Gasteiger partial charge on any atom is 0.310 e. The van der Waals surface area contributed by atoms with Crippen LogP contribution >= 0.6 is 11.3 Å². The monoisotopic (exact) mass is 255 g/mol. The fourth-order valence-electron chi connectivity index (χ4n) is 1.44. The van der Waals surface area contributed by atoms with Gasteiger partial charge in [-0.25, -0.2) is 0 Å². The predicted octanol–water partition coefficient (Wildman–Crippen LogP) is 2.77. The molecule has 96 valence electrons. The lowest BCUT2D eigenvalue weighted by molar-refractivity contribution is -0.151. The van der Waals surface area contributed by atoms with Crippen LogP contribution in [0.1, 0.15) is 32.6 Å². The molecule has 0 unspecified atom stereocenters. The van der Waals surface area contributed by atoms with Gasteiger partial charge in [-0.3, -0.25) is 4.79 Å². The fourth-order valence-corrected chi connectivity index (χ4v) is 2.15. The van der Waals surface area contributed by atoms with E-state index in [1.807, 2.05) is 19.9 Å². The Bertz CT molecular complexity index is 369. The van der Waals surface area contributed by atoms with Gasteiger partial charge in [-0.2, -0.15) is 0 Å². The van der Waals surface area contributed by atoms with Crippen molar-refractivity contribution in [3.05, 3.63) is 22.4 Å². The molecule has 2 N–H and O–H groups in total. The van der Waals surface area contributed by atoms with E-state index in [0.717, 1.165) is 13.0 Å². The molecular formula is C13H21NO2S. The van der Waals surface area contributed by atoms with Gasteiger partial charge in [-0.15, -0.1) is 11.3 Å². The summed E-state index contributed by atoms with van der Waals surface area (Å²) in [4.78, 5) is 12.5. The molecule has 1 aromatic rings. The Morgan fingerprint density at radius 2 is 2.06 bits per heavy atom. The molecule has 1 heterocycles. The van der Waals surface area contributed by atoms with E-state index in [1.165, 1.54) is 4.88 Å². The second-order valence-corrected chi connectivity index (χ2v) is 6.34. The van der Waals surface area contributed by atoms with Crippen LogP contribution < -0.4 is 5.32 Å². The first-order valence-corrected chi connectivity index (χ1v) is 6.66. The van der Waals surface area contributed by atoms with Crippen LogP contribution in [0, 0.1) is 5.41 Å². The van der Waals surface area contributed by atoms with Crippen LogP contribution in [0.3, 0.4) is 0 Å². The minimum atomic E-state index is -0.789. The molecule has 3 nitrogen and oxygen atoms in total. The largest absolute Gasteiger partial charge is 0.481 e. The van der Waals surface area contributed by atoms with Gasteiger partial charge in [0.15, 0.2) is 0 Å². The molecule has 0 bridgehead atoms. The maximum absolute atomic E-state index is 11.2. The maximum atomic E-state index is 11.2. The molecule has 1 rings (SSSR count). The van der Waals surface area contributed by atoms with Gasteiger partial charge in [0.1, 0.15) is 0 Å². The average molecular weight is 255 g/mol. The van der Waals surface area contributed by atoms with Crippen molar-refractivity contribution in [1.29, 1.82) is 0 Å². The highest BCUT2D eigenvalue weighted by molar-refractivity contribution is 7.09. The van der Waals surface area contributed by atoms with Gasteiger partial charge in [0.2, 0.25) is 0 Å². The molecule has 0 aromatic carbocycles.